The van der Waals surface area contributed by atoms with Crippen molar-refractivity contribution in [2.75, 3.05) is 13.2 Å². The number of amides is 2. The Labute approximate surface area is 120 Å². The molecular weight excluding hydrogens is 252 g/mol. The zero-order valence-electron chi connectivity index (χ0n) is 12.3. The van der Waals surface area contributed by atoms with Gasteiger partial charge in [-0.15, -0.1) is 0 Å². The van der Waals surface area contributed by atoms with Gasteiger partial charge < -0.3 is 15.4 Å². The van der Waals surface area contributed by atoms with E-state index in [4.69, 9.17) is 4.74 Å². The Morgan fingerprint density at radius 2 is 1.95 bits per heavy atom. The van der Waals surface area contributed by atoms with Crippen LogP contribution in [0, 0.1) is 0 Å². The molecule has 2 rings (SSSR count). The van der Waals surface area contributed by atoms with Gasteiger partial charge >= 0.3 is 6.03 Å². The van der Waals surface area contributed by atoms with Crippen LogP contribution in [0.15, 0.2) is 24.3 Å². The van der Waals surface area contributed by atoms with Gasteiger partial charge in [-0.25, -0.2) is 4.79 Å². The summed E-state index contributed by atoms with van der Waals surface area (Å²) < 4.78 is 5.43. The van der Waals surface area contributed by atoms with Crippen molar-refractivity contribution in [3.05, 3.63) is 35.4 Å². The minimum atomic E-state index is -0.0765. The average molecular weight is 276 g/mol. The Bertz CT molecular complexity index is 421. The van der Waals surface area contributed by atoms with Crippen molar-refractivity contribution in [1.29, 1.82) is 0 Å². The summed E-state index contributed by atoms with van der Waals surface area (Å²) in [5.41, 5.74) is 2.70. The number of benzene rings is 1. The van der Waals surface area contributed by atoms with Crippen LogP contribution in [0.2, 0.25) is 0 Å². The minimum absolute atomic E-state index is 0.0765. The molecule has 0 heterocycles. The largest absolute Gasteiger partial charge is 0.379 e. The van der Waals surface area contributed by atoms with Crippen LogP contribution in [0.1, 0.15) is 31.4 Å². The molecule has 0 radical (unpaired) electrons. The summed E-state index contributed by atoms with van der Waals surface area (Å²) in [5.74, 6) is 0. The van der Waals surface area contributed by atoms with E-state index < -0.39 is 0 Å². The normalized spacial score (nSPS) is 14.3. The maximum Gasteiger partial charge on any atom is 0.315 e. The number of nitrogens with one attached hydrogen (secondary N) is 2. The van der Waals surface area contributed by atoms with E-state index in [1.54, 1.807) is 0 Å². The van der Waals surface area contributed by atoms with Gasteiger partial charge in [0, 0.05) is 19.2 Å². The summed E-state index contributed by atoms with van der Waals surface area (Å²) in [7, 11) is 0. The summed E-state index contributed by atoms with van der Waals surface area (Å²) in [6.07, 6.45) is 2.96. The fourth-order valence-corrected chi connectivity index (χ4v) is 2.49. The van der Waals surface area contributed by atoms with E-state index in [-0.39, 0.29) is 18.2 Å². The van der Waals surface area contributed by atoms with Crippen molar-refractivity contribution in [3.63, 3.8) is 0 Å². The highest BCUT2D eigenvalue weighted by Crippen LogP contribution is 2.21. The van der Waals surface area contributed by atoms with Gasteiger partial charge in [0.1, 0.15) is 0 Å². The standard InChI is InChI=1S/C16H24N2O2/c1-12(2)20-9-5-8-17-16(19)18-15-10-13-6-3-4-7-14(13)11-15/h3-4,6-7,12,15H,5,8-11H2,1-2H3,(H2,17,18,19). The summed E-state index contributed by atoms with van der Waals surface area (Å²) in [6, 6.07) is 8.52. The molecule has 1 aliphatic rings. The molecule has 1 aliphatic carbocycles. The number of rotatable bonds is 6. The second-order valence-corrected chi connectivity index (χ2v) is 5.55. The number of urea groups is 1. The second-order valence-electron chi connectivity index (χ2n) is 5.55. The van der Waals surface area contributed by atoms with Crippen molar-refractivity contribution in [3.8, 4) is 0 Å². The van der Waals surface area contributed by atoms with Gasteiger partial charge in [-0.1, -0.05) is 24.3 Å². The smallest absolute Gasteiger partial charge is 0.315 e. The lowest BCUT2D eigenvalue weighted by Crippen LogP contribution is -2.43. The van der Waals surface area contributed by atoms with E-state index >= 15 is 0 Å². The van der Waals surface area contributed by atoms with Crippen LogP contribution >= 0.6 is 0 Å². The molecule has 4 heteroatoms. The molecule has 1 aromatic rings. The number of hydrogen-bond acceptors (Lipinski definition) is 2. The lowest BCUT2D eigenvalue weighted by Gasteiger charge is -2.13. The Kier molecular flexibility index (Phi) is 5.41. The number of carbonyl (C=O) groups excluding carboxylic acids is 1. The van der Waals surface area contributed by atoms with Crippen LogP contribution in [0.25, 0.3) is 0 Å². The molecule has 0 spiro atoms. The number of hydrogen-bond donors (Lipinski definition) is 2. The monoisotopic (exact) mass is 276 g/mol. The van der Waals surface area contributed by atoms with Crippen LogP contribution in [0.3, 0.4) is 0 Å². The zero-order chi connectivity index (χ0) is 14.4. The molecule has 2 N–H and O–H groups in total. The molecular formula is C16H24N2O2. The van der Waals surface area contributed by atoms with Crippen molar-refractivity contribution < 1.29 is 9.53 Å². The van der Waals surface area contributed by atoms with Crippen molar-refractivity contribution in [1.82, 2.24) is 10.6 Å². The first-order valence-corrected chi connectivity index (χ1v) is 7.38. The van der Waals surface area contributed by atoms with Gasteiger partial charge in [-0.2, -0.15) is 0 Å². The Hall–Kier alpha value is -1.55. The lowest BCUT2D eigenvalue weighted by molar-refractivity contribution is 0.0774. The molecule has 1 aromatic carbocycles. The lowest BCUT2D eigenvalue weighted by atomic mass is 10.1. The van der Waals surface area contributed by atoms with Gasteiger partial charge in [0.05, 0.1) is 6.10 Å². The third kappa shape index (κ3) is 4.53. The van der Waals surface area contributed by atoms with Crippen LogP contribution in [-0.2, 0) is 17.6 Å². The highest BCUT2D eigenvalue weighted by molar-refractivity contribution is 5.74. The number of fused-ring (bicyclic) bond motifs is 1. The van der Waals surface area contributed by atoms with Gasteiger partial charge in [0.25, 0.3) is 0 Å². The van der Waals surface area contributed by atoms with Gasteiger partial charge in [-0.3, -0.25) is 0 Å². The van der Waals surface area contributed by atoms with E-state index in [9.17, 15) is 4.79 Å². The highest BCUT2D eigenvalue weighted by atomic mass is 16.5. The quantitative estimate of drug-likeness (QED) is 0.783. The Morgan fingerprint density at radius 1 is 1.30 bits per heavy atom. The topological polar surface area (TPSA) is 50.4 Å². The molecule has 4 nitrogen and oxygen atoms in total. The maximum absolute atomic E-state index is 11.8. The van der Waals surface area contributed by atoms with E-state index in [0.29, 0.717) is 13.2 Å². The van der Waals surface area contributed by atoms with Crippen molar-refractivity contribution >= 4 is 6.03 Å². The van der Waals surface area contributed by atoms with Crippen molar-refractivity contribution in [2.45, 2.75) is 45.3 Å². The van der Waals surface area contributed by atoms with Crippen LogP contribution in [0.4, 0.5) is 4.79 Å². The molecule has 0 unspecified atom stereocenters. The minimum Gasteiger partial charge on any atom is -0.379 e. The molecule has 0 aromatic heterocycles. The Morgan fingerprint density at radius 3 is 2.55 bits per heavy atom. The van der Waals surface area contributed by atoms with Gasteiger partial charge in [0.2, 0.25) is 0 Å². The second kappa shape index (κ2) is 7.29. The molecule has 20 heavy (non-hydrogen) atoms. The van der Waals surface area contributed by atoms with Crippen LogP contribution in [-0.4, -0.2) is 31.3 Å². The molecule has 110 valence electrons. The summed E-state index contributed by atoms with van der Waals surface area (Å²) >= 11 is 0. The van der Waals surface area contributed by atoms with Crippen LogP contribution < -0.4 is 10.6 Å². The highest BCUT2D eigenvalue weighted by Gasteiger charge is 2.21. The van der Waals surface area contributed by atoms with Gasteiger partial charge in [-0.05, 0) is 44.2 Å². The summed E-state index contributed by atoms with van der Waals surface area (Å²) in [5, 5.41) is 5.91. The molecule has 0 bridgehead atoms. The molecule has 0 saturated heterocycles. The zero-order valence-corrected chi connectivity index (χ0v) is 12.3. The molecule has 0 atom stereocenters. The SMILES string of the molecule is CC(C)OCCCNC(=O)NC1Cc2ccccc2C1. The fraction of sp³-hybridized carbons (Fsp3) is 0.562. The van der Waals surface area contributed by atoms with E-state index in [1.165, 1.54) is 11.1 Å². The molecule has 0 aliphatic heterocycles. The third-order valence-corrected chi connectivity index (χ3v) is 3.44. The predicted octanol–water partition coefficient (Wildman–Crippen LogP) is 2.27. The summed E-state index contributed by atoms with van der Waals surface area (Å²) in [4.78, 5) is 11.8. The van der Waals surface area contributed by atoms with Gasteiger partial charge in [0.15, 0.2) is 0 Å². The number of carbonyl (C=O) groups is 1. The predicted molar refractivity (Wildman–Crippen MR) is 79.9 cm³/mol. The molecule has 0 saturated carbocycles. The fourth-order valence-electron chi connectivity index (χ4n) is 2.49. The van der Waals surface area contributed by atoms with E-state index in [1.807, 2.05) is 13.8 Å². The Balaban J connectivity index is 1.62. The third-order valence-electron chi connectivity index (χ3n) is 3.44. The average Bonchev–Trinajstić information content (AvgIpc) is 2.79. The van der Waals surface area contributed by atoms with E-state index in [0.717, 1.165) is 19.3 Å². The van der Waals surface area contributed by atoms with E-state index in [2.05, 4.69) is 34.9 Å². The van der Waals surface area contributed by atoms with Crippen molar-refractivity contribution in [2.24, 2.45) is 0 Å². The molecule has 2 amide bonds. The summed E-state index contributed by atoms with van der Waals surface area (Å²) in [6.45, 7) is 5.36. The maximum atomic E-state index is 11.8. The molecule has 0 fully saturated rings. The number of ether oxygens (including phenoxy) is 1. The first-order valence-electron chi connectivity index (χ1n) is 7.38. The first-order chi connectivity index (χ1) is 9.65. The first kappa shape index (κ1) is 14.9. The van der Waals surface area contributed by atoms with Crippen LogP contribution in [0.5, 0.6) is 0 Å².